The summed E-state index contributed by atoms with van der Waals surface area (Å²) in [6.07, 6.45) is 1.65. The first kappa shape index (κ1) is 20.9. The summed E-state index contributed by atoms with van der Waals surface area (Å²) in [5.41, 5.74) is 4.31. The molecule has 1 aromatic carbocycles. The van der Waals surface area contributed by atoms with Gasteiger partial charge >= 0.3 is 0 Å². The molecule has 0 unspecified atom stereocenters. The predicted octanol–water partition coefficient (Wildman–Crippen LogP) is 5.20. The highest BCUT2D eigenvalue weighted by atomic mass is 35.5. The summed E-state index contributed by atoms with van der Waals surface area (Å²) < 4.78 is 1.14. The lowest BCUT2D eigenvalue weighted by molar-refractivity contribution is -0.118. The zero-order valence-electron chi connectivity index (χ0n) is 15.2. The van der Waals surface area contributed by atoms with Gasteiger partial charge < -0.3 is 0 Å². The van der Waals surface area contributed by atoms with Crippen LogP contribution in [0.15, 0.2) is 61.8 Å². The van der Waals surface area contributed by atoms with Crippen LogP contribution >= 0.6 is 46.5 Å². The molecule has 0 radical (unpaired) electrons. The molecular formula is C19H17ClN4OS3. The fourth-order valence-electron chi connectivity index (χ4n) is 2.17. The Morgan fingerprint density at radius 1 is 1.18 bits per heavy atom. The Hall–Kier alpha value is -1.87. The van der Waals surface area contributed by atoms with E-state index >= 15 is 0 Å². The normalized spacial score (nSPS) is 11.1. The van der Waals surface area contributed by atoms with Crippen molar-refractivity contribution in [3.8, 4) is 0 Å². The van der Waals surface area contributed by atoms with E-state index in [0.717, 1.165) is 30.4 Å². The largest absolute Gasteiger partial charge is 0.272 e. The Balaban J connectivity index is 1.47. The Bertz CT molecular complexity index is 969. The van der Waals surface area contributed by atoms with Crippen molar-refractivity contribution < 1.29 is 4.79 Å². The number of aryl methyl sites for hydroxylation is 2. The number of benzene rings is 1. The van der Waals surface area contributed by atoms with Crippen LogP contribution < -0.4 is 5.43 Å². The van der Waals surface area contributed by atoms with Gasteiger partial charge in [0.25, 0.3) is 5.91 Å². The number of hydrogen-bond donors (Lipinski definition) is 1. The van der Waals surface area contributed by atoms with Gasteiger partial charge in [0.05, 0.1) is 16.2 Å². The van der Waals surface area contributed by atoms with E-state index in [1.54, 1.807) is 29.3 Å². The van der Waals surface area contributed by atoms with Crippen molar-refractivity contribution in [2.45, 2.75) is 28.1 Å². The van der Waals surface area contributed by atoms with Gasteiger partial charge in [0.1, 0.15) is 0 Å². The molecule has 1 N–H and O–H groups in total. The number of halogens is 1. The van der Waals surface area contributed by atoms with Crippen LogP contribution in [-0.2, 0) is 4.79 Å². The molecule has 0 aliphatic carbocycles. The average molecular weight is 449 g/mol. The van der Waals surface area contributed by atoms with Gasteiger partial charge in [-0.05, 0) is 56.3 Å². The third-order valence-electron chi connectivity index (χ3n) is 3.31. The SMILES string of the molecule is Cc1cc(C)nc(SCC(=O)N/N=C\c2ccc(Sc3ccc(Cl)cc3)s2)n1. The molecule has 0 spiro atoms. The number of rotatable bonds is 7. The second-order valence-electron chi connectivity index (χ2n) is 5.73. The Morgan fingerprint density at radius 2 is 1.89 bits per heavy atom. The van der Waals surface area contributed by atoms with Gasteiger partial charge in [-0.1, -0.05) is 35.1 Å². The number of aromatic nitrogens is 2. The number of carbonyl (C=O) groups excluding carboxylic acids is 1. The van der Waals surface area contributed by atoms with E-state index in [4.69, 9.17) is 11.6 Å². The van der Waals surface area contributed by atoms with Crippen molar-refractivity contribution >= 4 is 58.6 Å². The molecule has 0 aliphatic heterocycles. The van der Waals surface area contributed by atoms with Gasteiger partial charge in [-0.15, -0.1) is 11.3 Å². The van der Waals surface area contributed by atoms with Crippen LogP contribution in [0.4, 0.5) is 0 Å². The second-order valence-corrected chi connectivity index (χ2v) is 9.60. The lowest BCUT2D eigenvalue weighted by atomic mass is 10.4. The zero-order chi connectivity index (χ0) is 19.9. The number of amides is 1. The van der Waals surface area contributed by atoms with Crippen LogP contribution in [0.25, 0.3) is 0 Å². The van der Waals surface area contributed by atoms with Gasteiger partial charge in [0, 0.05) is 26.2 Å². The van der Waals surface area contributed by atoms with E-state index < -0.39 is 0 Å². The fourth-order valence-corrected chi connectivity index (χ4v) is 5.03. The molecule has 0 fully saturated rings. The zero-order valence-corrected chi connectivity index (χ0v) is 18.4. The van der Waals surface area contributed by atoms with E-state index in [1.165, 1.54) is 11.8 Å². The van der Waals surface area contributed by atoms with Crippen LogP contribution in [0.1, 0.15) is 16.3 Å². The van der Waals surface area contributed by atoms with Crippen molar-refractivity contribution in [1.82, 2.24) is 15.4 Å². The van der Waals surface area contributed by atoms with Crippen LogP contribution in [0, 0.1) is 13.8 Å². The molecule has 0 saturated heterocycles. The maximum Gasteiger partial charge on any atom is 0.250 e. The third-order valence-corrected chi connectivity index (χ3v) is 6.57. The highest BCUT2D eigenvalue weighted by molar-refractivity contribution is 8.01. The number of hydrogen-bond acceptors (Lipinski definition) is 7. The Labute approximate surface area is 181 Å². The summed E-state index contributed by atoms with van der Waals surface area (Å²) in [7, 11) is 0. The highest BCUT2D eigenvalue weighted by Crippen LogP contribution is 2.33. The first-order valence-electron chi connectivity index (χ1n) is 8.28. The van der Waals surface area contributed by atoms with Crippen molar-refractivity contribution in [3.63, 3.8) is 0 Å². The van der Waals surface area contributed by atoms with E-state index in [0.29, 0.717) is 5.16 Å². The van der Waals surface area contributed by atoms with Gasteiger partial charge in [-0.3, -0.25) is 4.79 Å². The van der Waals surface area contributed by atoms with Gasteiger partial charge in [0.2, 0.25) is 0 Å². The Morgan fingerprint density at radius 3 is 2.61 bits per heavy atom. The molecule has 3 rings (SSSR count). The number of hydrazone groups is 1. The lowest BCUT2D eigenvalue weighted by Crippen LogP contribution is -2.19. The summed E-state index contributed by atoms with van der Waals surface area (Å²) in [6, 6.07) is 13.6. The van der Waals surface area contributed by atoms with Crippen molar-refractivity contribution in [3.05, 3.63) is 63.8 Å². The summed E-state index contributed by atoms with van der Waals surface area (Å²) in [4.78, 5) is 22.6. The standard InChI is InChI=1S/C19H17ClN4OS3/c1-12-9-13(2)23-19(22-12)26-11-17(25)24-21-10-16-7-8-18(28-16)27-15-5-3-14(20)4-6-15/h3-10H,11H2,1-2H3,(H,24,25)/b21-10-. The number of nitrogens with zero attached hydrogens (tertiary/aromatic N) is 3. The lowest BCUT2D eigenvalue weighted by Gasteiger charge is -2.02. The minimum absolute atomic E-state index is 0.198. The third kappa shape index (κ3) is 6.63. The highest BCUT2D eigenvalue weighted by Gasteiger charge is 2.06. The smallest absolute Gasteiger partial charge is 0.250 e. The molecule has 5 nitrogen and oxygen atoms in total. The van der Waals surface area contributed by atoms with Crippen molar-refractivity contribution in [2.24, 2.45) is 5.10 Å². The average Bonchev–Trinajstić information content (AvgIpc) is 3.08. The first-order valence-corrected chi connectivity index (χ1v) is 11.3. The van der Waals surface area contributed by atoms with E-state index in [2.05, 4.69) is 20.5 Å². The van der Waals surface area contributed by atoms with Crippen LogP contribution in [-0.4, -0.2) is 27.8 Å². The molecule has 3 aromatic rings. The molecule has 9 heteroatoms. The minimum atomic E-state index is -0.198. The number of carbonyl (C=O) groups is 1. The number of thiophene rings is 1. The summed E-state index contributed by atoms with van der Waals surface area (Å²) in [5.74, 6) is 0.0128. The van der Waals surface area contributed by atoms with E-state index in [9.17, 15) is 4.79 Å². The van der Waals surface area contributed by atoms with Crippen molar-refractivity contribution in [1.29, 1.82) is 0 Å². The first-order chi connectivity index (χ1) is 13.5. The maximum atomic E-state index is 11.9. The summed E-state index contributed by atoms with van der Waals surface area (Å²) in [5, 5.41) is 5.35. The molecule has 2 aromatic heterocycles. The second kappa shape index (κ2) is 10.1. The number of nitrogens with one attached hydrogen (secondary N) is 1. The minimum Gasteiger partial charge on any atom is -0.272 e. The van der Waals surface area contributed by atoms with Gasteiger partial charge in [0.15, 0.2) is 5.16 Å². The molecule has 0 aliphatic rings. The molecule has 1 amide bonds. The summed E-state index contributed by atoms with van der Waals surface area (Å²) >= 11 is 10.5. The van der Waals surface area contributed by atoms with Crippen LogP contribution in [0.5, 0.6) is 0 Å². The molecule has 144 valence electrons. The van der Waals surface area contributed by atoms with Gasteiger partial charge in [-0.25, -0.2) is 15.4 Å². The monoisotopic (exact) mass is 448 g/mol. The Kier molecular flexibility index (Phi) is 7.50. The number of thioether (sulfide) groups is 1. The topological polar surface area (TPSA) is 67.2 Å². The molecule has 0 saturated carbocycles. The maximum absolute atomic E-state index is 11.9. The molecule has 28 heavy (non-hydrogen) atoms. The molecule has 0 atom stereocenters. The van der Waals surface area contributed by atoms with Crippen LogP contribution in [0.3, 0.4) is 0 Å². The fraction of sp³-hybridized carbons (Fsp3) is 0.158. The van der Waals surface area contributed by atoms with Crippen LogP contribution in [0.2, 0.25) is 5.02 Å². The van der Waals surface area contributed by atoms with E-state index in [-0.39, 0.29) is 11.7 Å². The molecule has 2 heterocycles. The quantitative estimate of drug-likeness (QED) is 0.233. The van der Waals surface area contributed by atoms with Gasteiger partial charge in [-0.2, -0.15) is 5.10 Å². The molecule has 0 bridgehead atoms. The summed E-state index contributed by atoms with van der Waals surface area (Å²) in [6.45, 7) is 3.81. The molecular weight excluding hydrogens is 432 g/mol. The van der Waals surface area contributed by atoms with E-state index in [1.807, 2.05) is 56.3 Å². The predicted molar refractivity (Wildman–Crippen MR) is 118 cm³/mol. The van der Waals surface area contributed by atoms with Crippen molar-refractivity contribution in [2.75, 3.05) is 5.75 Å².